The molecule has 1 saturated heterocycles. The molecule has 88 valence electrons. The topological polar surface area (TPSA) is 58.3 Å². The second-order valence-corrected chi connectivity index (χ2v) is 4.51. The zero-order chi connectivity index (χ0) is 11.7. The predicted octanol–water partition coefficient (Wildman–Crippen LogP) is 0.508. The van der Waals surface area contributed by atoms with E-state index in [1.807, 2.05) is 6.92 Å². The van der Waals surface area contributed by atoms with E-state index in [2.05, 4.69) is 33.7 Å². The molecule has 2 rings (SSSR count). The van der Waals surface area contributed by atoms with Crippen LogP contribution < -0.4 is 10.6 Å². The summed E-state index contributed by atoms with van der Waals surface area (Å²) in [7, 11) is 2.15. The average Bonchev–Trinajstić information content (AvgIpc) is 2.23. The second kappa shape index (κ2) is 4.25. The van der Waals surface area contributed by atoms with Crippen molar-refractivity contribution in [1.82, 2.24) is 14.9 Å². The molecule has 2 N–H and O–H groups in total. The van der Waals surface area contributed by atoms with Gasteiger partial charge in [-0.25, -0.2) is 9.97 Å². The van der Waals surface area contributed by atoms with Crippen molar-refractivity contribution in [2.45, 2.75) is 19.9 Å². The fourth-order valence-corrected chi connectivity index (χ4v) is 2.20. The maximum atomic E-state index is 5.81. The Balaban J connectivity index is 2.27. The molecule has 1 unspecified atom stereocenters. The zero-order valence-corrected chi connectivity index (χ0v) is 10.1. The Labute approximate surface area is 96.3 Å². The molecule has 0 radical (unpaired) electrons. The van der Waals surface area contributed by atoms with Gasteiger partial charge in [-0.3, -0.25) is 0 Å². The van der Waals surface area contributed by atoms with Crippen LogP contribution in [0.5, 0.6) is 0 Å². The van der Waals surface area contributed by atoms with Gasteiger partial charge in [0.1, 0.15) is 18.0 Å². The van der Waals surface area contributed by atoms with Crippen molar-refractivity contribution < 1.29 is 0 Å². The molecule has 0 aliphatic carbocycles. The Bertz CT molecular complexity index is 379. The molecule has 1 aliphatic heterocycles. The molecule has 0 aromatic carbocycles. The van der Waals surface area contributed by atoms with Crippen LogP contribution in [0.25, 0.3) is 0 Å². The number of nitrogen functional groups attached to an aromatic ring is 1. The van der Waals surface area contributed by atoms with Crippen LogP contribution in [0.1, 0.15) is 12.5 Å². The summed E-state index contributed by atoms with van der Waals surface area (Å²) in [6.07, 6.45) is 1.54. The maximum Gasteiger partial charge on any atom is 0.137 e. The van der Waals surface area contributed by atoms with Crippen LogP contribution in [0.4, 0.5) is 11.6 Å². The Morgan fingerprint density at radius 3 is 2.81 bits per heavy atom. The van der Waals surface area contributed by atoms with Crippen LogP contribution in [0, 0.1) is 6.92 Å². The zero-order valence-electron chi connectivity index (χ0n) is 10.1. The summed E-state index contributed by atoms with van der Waals surface area (Å²) in [4.78, 5) is 13.0. The van der Waals surface area contributed by atoms with Crippen molar-refractivity contribution in [2.75, 3.05) is 37.3 Å². The average molecular weight is 221 g/mol. The number of aromatic nitrogens is 2. The van der Waals surface area contributed by atoms with Gasteiger partial charge in [0.2, 0.25) is 0 Å². The summed E-state index contributed by atoms with van der Waals surface area (Å²) in [5.74, 6) is 1.56. The van der Waals surface area contributed by atoms with Crippen LogP contribution >= 0.6 is 0 Å². The first-order chi connectivity index (χ1) is 7.59. The van der Waals surface area contributed by atoms with E-state index in [1.54, 1.807) is 6.33 Å². The molecule has 0 spiro atoms. The molecule has 0 saturated carbocycles. The Kier molecular flexibility index (Phi) is 2.96. The van der Waals surface area contributed by atoms with Crippen molar-refractivity contribution in [3.63, 3.8) is 0 Å². The molecule has 5 heteroatoms. The lowest BCUT2D eigenvalue weighted by Gasteiger charge is -2.39. The number of hydrogen-bond donors (Lipinski definition) is 1. The summed E-state index contributed by atoms with van der Waals surface area (Å²) in [6, 6.07) is 0.465. The van der Waals surface area contributed by atoms with Crippen molar-refractivity contribution in [3.05, 3.63) is 11.9 Å². The van der Waals surface area contributed by atoms with Gasteiger partial charge in [-0.15, -0.1) is 0 Å². The highest BCUT2D eigenvalue weighted by atomic mass is 15.3. The summed E-state index contributed by atoms with van der Waals surface area (Å²) in [6.45, 7) is 7.31. The van der Waals surface area contributed by atoms with E-state index in [-0.39, 0.29) is 0 Å². The third-order valence-corrected chi connectivity index (χ3v) is 3.20. The molecule has 1 aromatic heterocycles. The Morgan fingerprint density at radius 2 is 2.12 bits per heavy atom. The van der Waals surface area contributed by atoms with Crippen LogP contribution in [0.3, 0.4) is 0 Å². The molecule has 2 heterocycles. The lowest BCUT2D eigenvalue weighted by atomic mass is 10.1. The van der Waals surface area contributed by atoms with Crippen LogP contribution in [0.15, 0.2) is 6.33 Å². The van der Waals surface area contributed by atoms with Crippen molar-refractivity contribution >= 4 is 11.6 Å². The lowest BCUT2D eigenvalue weighted by molar-refractivity contribution is 0.274. The third kappa shape index (κ3) is 1.95. The van der Waals surface area contributed by atoms with Gasteiger partial charge in [0, 0.05) is 31.2 Å². The van der Waals surface area contributed by atoms with E-state index < -0.39 is 0 Å². The van der Waals surface area contributed by atoms with Crippen molar-refractivity contribution in [1.29, 1.82) is 0 Å². The first-order valence-electron chi connectivity index (χ1n) is 5.62. The molecule has 1 aliphatic rings. The first kappa shape index (κ1) is 11.1. The van der Waals surface area contributed by atoms with Crippen molar-refractivity contribution in [2.24, 2.45) is 0 Å². The van der Waals surface area contributed by atoms with E-state index >= 15 is 0 Å². The van der Waals surface area contributed by atoms with Gasteiger partial charge in [0.15, 0.2) is 0 Å². The number of nitrogens with two attached hydrogens (primary N) is 1. The quantitative estimate of drug-likeness (QED) is 0.748. The highest BCUT2D eigenvalue weighted by Crippen LogP contribution is 2.23. The van der Waals surface area contributed by atoms with E-state index in [1.165, 1.54) is 0 Å². The molecular weight excluding hydrogens is 202 g/mol. The van der Waals surface area contributed by atoms with Gasteiger partial charge in [-0.05, 0) is 20.9 Å². The normalized spacial score (nSPS) is 22.4. The van der Waals surface area contributed by atoms with E-state index in [4.69, 9.17) is 5.73 Å². The largest absolute Gasteiger partial charge is 0.383 e. The Morgan fingerprint density at radius 1 is 1.38 bits per heavy atom. The fraction of sp³-hybridized carbons (Fsp3) is 0.636. The van der Waals surface area contributed by atoms with E-state index in [9.17, 15) is 0 Å². The summed E-state index contributed by atoms with van der Waals surface area (Å²) in [5, 5.41) is 0. The van der Waals surface area contributed by atoms with Gasteiger partial charge in [-0.2, -0.15) is 0 Å². The van der Waals surface area contributed by atoms with E-state index in [0.717, 1.165) is 31.0 Å². The molecule has 1 aromatic rings. The molecule has 16 heavy (non-hydrogen) atoms. The SMILES string of the molecule is Cc1c(N)ncnc1N1CCN(C)CC1C. The molecule has 1 atom stereocenters. The Hall–Kier alpha value is -1.36. The minimum atomic E-state index is 0.465. The predicted molar refractivity (Wildman–Crippen MR) is 65.5 cm³/mol. The molecule has 0 amide bonds. The molecule has 5 nitrogen and oxygen atoms in total. The standard InChI is InChI=1S/C11H19N5/c1-8-6-15(3)4-5-16(8)11-9(2)10(12)13-7-14-11/h7-8H,4-6H2,1-3H3,(H2,12,13,14). The number of rotatable bonds is 1. The number of piperazine rings is 1. The monoisotopic (exact) mass is 221 g/mol. The van der Waals surface area contributed by atoms with Crippen LogP contribution in [-0.2, 0) is 0 Å². The minimum absolute atomic E-state index is 0.465. The number of likely N-dealkylation sites (N-methyl/N-ethyl adjacent to an activating group) is 1. The maximum absolute atomic E-state index is 5.81. The number of hydrogen-bond acceptors (Lipinski definition) is 5. The summed E-state index contributed by atoms with van der Waals surface area (Å²) >= 11 is 0. The van der Waals surface area contributed by atoms with Gasteiger partial charge >= 0.3 is 0 Å². The van der Waals surface area contributed by atoms with Crippen LogP contribution in [0.2, 0.25) is 0 Å². The number of anilines is 2. The fourth-order valence-electron chi connectivity index (χ4n) is 2.20. The summed E-state index contributed by atoms with van der Waals surface area (Å²) in [5.41, 5.74) is 6.80. The summed E-state index contributed by atoms with van der Waals surface area (Å²) < 4.78 is 0. The van der Waals surface area contributed by atoms with Gasteiger partial charge in [-0.1, -0.05) is 0 Å². The lowest BCUT2D eigenvalue weighted by Crippen LogP contribution is -2.51. The molecule has 1 fully saturated rings. The highest BCUT2D eigenvalue weighted by Gasteiger charge is 2.24. The van der Waals surface area contributed by atoms with E-state index in [0.29, 0.717) is 11.9 Å². The molecular formula is C11H19N5. The minimum Gasteiger partial charge on any atom is -0.383 e. The van der Waals surface area contributed by atoms with Gasteiger partial charge in [0.25, 0.3) is 0 Å². The van der Waals surface area contributed by atoms with Crippen molar-refractivity contribution in [3.8, 4) is 0 Å². The smallest absolute Gasteiger partial charge is 0.137 e. The van der Waals surface area contributed by atoms with Gasteiger partial charge in [0.05, 0.1) is 0 Å². The van der Waals surface area contributed by atoms with Crippen LogP contribution in [-0.4, -0.2) is 47.6 Å². The highest BCUT2D eigenvalue weighted by molar-refractivity contribution is 5.56. The number of nitrogens with zero attached hydrogens (tertiary/aromatic N) is 4. The molecule has 0 bridgehead atoms. The second-order valence-electron chi connectivity index (χ2n) is 4.51. The first-order valence-corrected chi connectivity index (χ1v) is 5.62. The van der Waals surface area contributed by atoms with Gasteiger partial charge < -0.3 is 15.5 Å². The third-order valence-electron chi connectivity index (χ3n) is 3.20.